The topological polar surface area (TPSA) is 77.4 Å². The van der Waals surface area contributed by atoms with Crippen molar-refractivity contribution in [3.05, 3.63) is 0 Å². The molecule has 0 bridgehead atoms. The van der Waals surface area contributed by atoms with E-state index in [0.29, 0.717) is 17.4 Å². The van der Waals surface area contributed by atoms with Gasteiger partial charge in [0.2, 0.25) is 0 Å². The molecule has 12 heteroatoms. The molecule has 0 aromatic heterocycles. The smallest absolute Gasteiger partial charge is 0.317 e. The third-order valence-corrected chi connectivity index (χ3v) is 28.1. The van der Waals surface area contributed by atoms with Gasteiger partial charge >= 0.3 is 17.1 Å². The molecule has 0 saturated heterocycles. The van der Waals surface area contributed by atoms with Crippen LogP contribution in [0.4, 0.5) is 0 Å². The highest BCUT2D eigenvalue weighted by Crippen LogP contribution is 2.40. The van der Waals surface area contributed by atoms with Crippen molar-refractivity contribution in [1.29, 1.82) is 0 Å². The van der Waals surface area contributed by atoms with Crippen LogP contribution in [0.15, 0.2) is 0 Å². The van der Waals surface area contributed by atoms with Crippen LogP contribution in [-0.4, -0.2) is 73.8 Å². The van der Waals surface area contributed by atoms with Gasteiger partial charge in [-0.15, -0.1) is 0 Å². The molecule has 0 spiro atoms. The monoisotopic (exact) mass is 698 g/mol. The van der Waals surface area contributed by atoms with E-state index in [1.54, 1.807) is 0 Å². The number of aliphatic hydroxyl groups is 2. The van der Waals surface area contributed by atoms with Crippen molar-refractivity contribution in [3.63, 3.8) is 0 Å². The first-order valence-corrected chi connectivity index (χ1v) is 35.2. The summed E-state index contributed by atoms with van der Waals surface area (Å²) < 4.78 is 27.1. The minimum absolute atomic E-state index is 0.0374. The summed E-state index contributed by atoms with van der Waals surface area (Å²) in [4.78, 5) is 0. The predicted molar refractivity (Wildman–Crippen MR) is 198 cm³/mol. The highest BCUT2D eigenvalue weighted by molar-refractivity contribution is 6.88. The van der Waals surface area contributed by atoms with E-state index in [2.05, 4.69) is 112 Å². The Hall–Kier alpha value is 1.06. The lowest BCUT2D eigenvalue weighted by Gasteiger charge is -2.44. The third-order valence-electron chi connectivity index (χ3n) is 7.90. The third kappa shape index (κ3) is 18.3. The Bertz CT molecular complexity index is 736. The van der Waals surface area contributed by atoms with Gasteiger partial charge in [-0.05, 0) is 122 Å². The van der Waals surface area contributed by atoms with E-state index in [0.717, 1.165) is 44.6 Å². The zero-order valence-corrected chi connectivity index (χ0v) is 37.1. The molecule has 0 radical (unpaired) electrons. The Balaban J connectivity index is 5.26. The number of aliphatic hydroxyl groups excluding tert-OH is 2. The van der Waals surface area contributed by atoms with E-state index < -0.39 is 55.8 Å². The summed E-state index contributed by atoms with van der Waals surface area (Å²) in [5.74, 6) is 0.954. The van der Waals surface area contributed by atoms with Gasteiger partial charge in [0.15, 0.2) is 33.3 Å². The average molecular weight is 699 g/mol. The van der Waals surface area contributed by atoms with E-state index in [4.69, 9.17) is 16.5 Å². The minimum atomic E-state index is -2.37. The maximum atomic E-state index is 10.4. The molecule has 0 aromatic rings. The molecule has 0 rings (SSSR count). The molecule has 0 aromatic carbocycles. The second kappa shape index (κ2) is 16.8. The molecular formula is C30H74O6Si6. The molecule has 42 heavy (non-hydrogen) atoms. The van der Waals surface area contributed by atoms with Crippen LogP contribution in [0.25, 0.3) is 0 Å². The standard InChI is InChI=1S/C30H74O6Si6/c1-27(24-41(16,33-37(4,5)6)34-38(7,8)9)20-18-22-30(25-31,26-32)23-19-21-28(2)29(3)42(17,35-39(10,11)12)36-40(13,14)15/h27-29,31-32H,18-26H2,1-17H3. The van der Waals surface area contributed by atoms with Crippen molar-refractivity contribution in [1.82, 2.24) is 0 Å². The van der Waals surface area contributed by atoms with Gasteiger partial charge in [-0.2, -0.15) is 0 Å². The maximum absolute atomic E-state index is 10.4. The Morgan fingerprint density at radius 3 is 1.24 bits per heavy atom. The highest BCUT2D eigenvalue weighted by atomic mass is 28.5. The molecule has 3 atom stereocenters. The van der Waals surface area contributed by atoms with Gasteiger partial charge in [-0.1, -0.05) is 46.5 Å². The molecule has 254 valence electrons. The van der Waals surface area contributed by atoms with Crippen LogP contribution in [0, 0.1) is 17.3 Å². The molecule has 0 aliphatic carbocycles. The van der Waals surface area contributed by atoms with Crippen LogP contribution in [0.5, 0.6) is 0 Å². The number of rotatable bonds is 22. The zero-order valence-electron chi connectivity index (χ0n) is 31.1. The SMILES string of the molecule is CC(CCCC(CO)(CO)CCCC(C)C(C)[Si](C)(O[Si](C)(C)C)O[Si](C)(C)C)C[Si](C)(O[Si](C)(C)C)O[Si](C)(C)C. The molecule has 6 nitrogen and oxygen atoms in total. The molecule has 0 aliphatic rings. The Labute approximate surface area is 269 Å². The molecular weight excluding hydrogens is 625 g/mol. The van der Waals surface area contributed by atoms with Crippen LogP contribution < -0.4 is 0 Å². The van der Waals surface area contributed by atoms with Crippen molar-refractivity contribution in [2.75, 3.05) is 13.2 Å². The van der Waals surface area contributed by atoms with Gasteiger partial charge in [0.05, 0.1) is 13.2 Å². The van der Waals surface area contributed by atoms with Crippen molar-refractivity contribution < 1.29 is 26.7 Å². The minimum Gasteiger partial charge on any atom is -0.437 e. The fraction of sp³-hybridized carbons (Fsp3) is 1.00. The largest absolute Gasteiger partial charge is 0.437 e. The summed E-state index contributed by atoms with van der Waals surface area (Å²) in [6.45, 7) is 38.8. The molecule has 3 unspecified atom stereocenters. The normalized spacial score (nSPS) is 16.9. The lowest BCUT2D eigenvalue weighted by Crippen LogP contribution is -2.56. The Morgan fingerprint density at radius 1 is 0.548 bits per heavy atom. The first-order chi connectivity index (χ1) is 18.6. The van der Waals surface area contributed by atoms with Gasteiger partial charge in [-0.25, -0.2) is 0 Å². The van der Waals surface area contributed by atoms with Crippen molar-refractivity contribution in [3.8, 4) is 0 Å². The molecule has 2 N–H and O–H groups in total. The molecule has 0 aliphatic heterocycles. The number of hydrogen-bond acceptors (Lipinski definition) is 6. The molecule has 0 saturated carbocycles. The van der Waals surface area contributed by atoms with E-state index in [9.17, 15) is 10.2 Å². The van der Waals surface area contributed by atoms with Crippen LogP contribution in [-0.2, 0) is 16.5 Å². The van der Waals surface area contributed by atoms with Gasteiger partial charge in [0.25, 0.3) is 0 Å². The van der Waals surface area contributed by atoms with Gasteiger partial charge in [0.1, 0.15) is 0 Å². The van der Waals surface area contributed by atoms with Crippen LogP contribution >= 0.6 is 0 Å². The zero-order chi connectivity index (χ0) is 33.4. The van der Waals surface area contributed by atoms with Gasteiger partial charge in [-0.3, -0.25) is 0 Å². The van der Waals surface area contributed by atoms with Crippen LogP contribution in [0.1, 0.15) is 59.3 Å². The lowest BCUT2D eigenvalue weighted by molar-refractivity contribution is 0.0338. The fourth-order valence-electron chi connectivity index (χ4n) is 6.44. The Morgan fingerprint density at radius 2 is 0.905 bits per heavy atom. The van der Waals surface area contributed by atoms with Gasteiger partial charge in [0, 0.05) is 11.0 Å². The molecule has 0 amide bonds. The summed E-state index contributed by atoms with van der Waals surface area (Å²) in [5.41, 5.74) is -0.0399. The van der Waals surface area contributed by atoms with Crippen molar-refractivity contribution in [2.45, 2.75) is 163 Å². The van der Waals surface area contributed by atoms with Gasteiger partial charge < -0.3 is 26.7 Å². The van der Waals surface area contributed by atoms with Crippen molar-refractivity contribution >= 4 is 50.4 Å². The number of hydrogen-bond donors (Lipinski definition) is 2. The quantitative estimate of drug-likeness (QED) is 0.110. The first-order valence-electron chi connectivity index (χ1n) is 16.6. The summed E-state index contributed by atoms with van der Waals surface area (Å²) in [6.07, 6.45) is 5.80. The Kier molecular flexibility index (Phi) is 17.2. The van der Waals surface area contributed by atoms with Crippen LogP contribution in [0.3, 0.4) is 0 Å². The lowest BCUT2D eigenvalue weighted by atomic mass is 9.78. The fourth-order valence-corrected chi connectivity index (χ4v) is 32.4. The summed E-state index contributed by atoms with van der Waals surface area (Å²) >= 11 is 0. The average Bonchev–Trinajstić information content (AvgIpc) is 2.71. The van der Waals surface area contributed by atoms with E-state index >= 15 is 0 Å². The summed E-state index contributed by atoms with van der Waals surface area (Å²) in [5, 5.41) is 20.9. The second-order valence-corrected chi connectivity index (χ2v) is 43.5. The van der Waals surface area contributed by atoms with Crippen molar-refractivity contribution in [2.24, 2.45) is 17.3 Å². The highest BCUT2D eigenvalue weighted by Gasteiger charge is 2.47. The first kappa shape index (κ1) is 43.1. The molecule has 0 fully saturated rings. The second-order valence-electron chi connectivity index (χ2n) is 17.7. The molecule has 0 heterocycles. The van der Waals surface area contributed by atoms with E-state index in [1.165, 1.54) is 0 Å². The van der Waals surface area contributed by atoms with Crippen LogP contribution in [0.2, 0.25) is 103 Å². The summed E-state index contributed by atoms with van der Waals surface area (Å²) in [7, 11) is -11.6. The predicted octanol–water partition coefficient (Wildman–Crippen LogP) is 9.51. The summed E-state index contributed by atoms with van der Waals surface area (Å²) in [6, 6.07) is 1.00. The van der Waals surface area contributed by atoms with E-state index in [-0.39, 0.29) is 13.2 Å². The van der Waals surface area contributed by atoms with E-state index in [1.807, 2.05) is 0 Å². The maximum Gasteiger partial charge on any atom is 0.317 e.